The van der Waals surface area contributed by atoms with E-state index >= 15 is 0 Å². The lowest BCUT2D eigenvalue weighted by Crippen LogP contribution is -2.12. The number of para-hydroxylation sites is 1. The Balaban J connectivity index is 1.55. The largest absolute Gasteiger partial charge is 0.312 e. The highest BCUT2D eigenvalue weighted by molar-refractivity contribution is 7.16. The molecule has 2 aromatic carbocycles. The Labute approximate surface area is 184 Å². The van der Waals surface area contributed by atoms with Crippen molar-refractivity contribution in [2.45, 2.75) is 25.7 Å². The van der Waals surface area contributed by atoms with Gasteiger partial charge in [-0.1, -0.05) is 48.5 Å². The van der Waals surface area contributed by atoms with Crippen LogP contribution in [-0.2, 0) is 12.8 Å². The summed E-state index contributed by atoms with van der Waals surface area (Å²) in [5, 5.41) is 18.1. The highest BCUT2D eigenvalue weighted by Gasteiger charge is 2.24. The van der Waals surface area contributed by atoms with Gasteiger partial charge >= 0.3 is 0 Å². The molecule has 0 bridgehead atoms. The molecule has 1 N–H and O–H groups in total. The minimum Gasteiger partial charge on any atom is -0.312 e. The standard InChI is InChI=1S/C25H20N4OS/c26-15-20-19-13-7-8-14-22(19)31-25(20)27-24(30)21-16-29(18-11-5-2-6-12-18)28-23(21)17-9-3-1-4-10-17/h1-6,9-12,16H,7-8,13-14H2,(H,27,30). The van der Waals surface area contributed by atoms with Crippen LogP contribution in [-0.4, -0.2) is 15.7 Å². The van der Waals surface area contributed by atoms with E-state index in [0.29, 0.717) is 21.8 Å². The second-order valence-electron chi connectivity index (χ2n) is 7.52. The molecule has 0 spiro atoms. The van der Waals surface area contributed by atoms with Crippen molar-refractivity contribution in [1.82, 2.24) is 9.78 Å². The number of nitrogens with one attached hydrogen (secondary N) is 1. The molecule has 2 heterocycles. The van der Waals surface area contributed by atoms with Crippen LogP contribution in [0.15, 0.2) is 66.9 Å². The molecule has 5 nitrogen and oxygen atoms in total. The minimum atomic E-state index is -0.254. The van der Waals surface area contributed by atoms with Gasteiger partial charge in [0.05, 0.1) is 16.8 Å². The molecule has 0 unspecified atom stereocenters. The van der Waals surface area contributed by atoms with E-state index in [1.807, 2.05) is 60.7 Å². The molecule has 152 valence electrons. The number of thiophene rings is 1. The lowest BCUT2D eigenvalue weighted by molar-refractivity contribution is 0.102. The molecule has 2 aromatic heterocycles. The van der Waals surface area contributed by atoms with Gasteiger partial charge in [-0.25, -0.2) is 4.68 Å². The Morgan fingerprint density at radius 1 is 1.03 bits per heavy atom. The summed E-state index contributed by atoms with van der Waals surface area (Å²) in [6.45, 7) is 0. The summed E-state index contributed by atoms with van der Waals surface area (Å²) < 4.78 is 1.72. The van der Waals surface area contributed by atoms with E-state index in [2.05, 4.69) is 11.4 Å². The summed E-state index contributed by atoms with van der Waals surface area (Å²) in [6, 6.07) is 21.7. The van der Waals surface area contributed by atoms with Crippen LogP contribution in [0.25, 0.3) is 16.9 Å². The highest BCUT2D eigenvalue weighted by Crippen LogP contribution is 2.38. The average molecular weight is 425 g/mol. The molecule has 4 aromatic rings. The number of carbonyl (C=O) groups excluding carboxylic acids is 1. The normalized spacial score (nSPS) is 12.7. The van der Waals surface area contributed by atoms with Crippen LogP contribution in [0.3, 0.4) is 0 Å². The smallest absolute Gasteiger partial charge is 0.260 e. The number of rotatable bonds is 4. The number of nitriles is 1. The SMILES string of the molecule is N#Cc1c(NC(=O)c2cn(-c3ccccc3)nc2-c2ccccc2)sc2c1CCCC2. The van der Waals surface area contributed by atoms with E-state index < -0.39 is 0 Å². The summed E-state index contributed by atoms with van der Waals surface area (Å²) in [6.07, 6.45) is 5.87. The van der Waals surface area contributed by atoms with Gasteiger partial charge in [0, 0.05) is 16.6 Å². The van der Waals surface area contributed by atoms with Gasteiger partial charge in [0.1, 0.15) is 16.8 Å². The zero-order valence-electron chi connectivity index (χ0n) is 16.8. The van der Waals surface area contributed by atoms with Crippen molar-refractivity contribution in [3.63, 3.8) is 0 Å². The van der Waals surface area contributed by atoms with Crippen LogP contribution >= 0.6 is 11.3 Å². The Morgan fingerprint density at radius 3 is 2.48 bits per heavy atom. The number of aromatic nitrogens is 2. The first-order valence-corrected chi connectivity index (χ1v) is 11.1. The van der Waals surface area contributed by atoms with E-state index in [0.717, 1.165) is 42.5 Å². The van der Waals surface area contributed by atoms with Gasteiger partial charge in [-0.2, -0.15) is 10.4 Å². The monoisotopic (exact) mass is 424 g/mol. The lowest BCUT2D eigenvalue weighted by atomic mass is 9.96. The summed E-state index contributed by atoms with van der Waals surface area (Å²) in [5.74, 6) is -0.254. The van der Waals surface area contributed by atoms with Crippen molar-refractivity contribution in [3.05, 3.63) is 88.4 Å². The summed E-state index contributed by atoms with van der Waals surface area (Å²) in [5.41, 5.74) is 4.56. The molecule has 0 radical (unpaired) electrons. The first-order valence-electron chi connectivity index (χ1n) is 10.3. The molecular weight excluding hydrogens is 404 g/mol. The molecule has 6 heteroatoms. The average Bonchev–Trinajstić information content (AvgIpc) is 3.42. The summed E-state index contributed by atoms with van der Waals surface area (Å²) >= 11 is 1.53. The third-order valence-corrected chi connectivity index (χ3v) is 6.74. The Bertz CT molecular complexity index is 1280. The summed E-state index contributed by atoms with van der Waals surface area (Å²) in [7, 11) is 0. The van der Waals surface area contributed by atoms with Crippen LogP contribution in [0.5, 0.6) is 0 Å². The van der Waals surface area contributed by atoms with Gasteiger partial charge in [-0.15, -0.1) is 11.3 Å². The maximum absolute atomic E-state index is 13.4. The number of nitrogens with zero attached hydrogens (tertiary/aromatic N) is 3. The van der Waals surface area contributed by atoms with Crippen LogP contribution in [0.2, 0.25) is 0 Å². The van der Waals surface area contributed by atoms with Gasteiger partial charge in [0.25, 0.3) is 5.91 Å². The fraction of sp³-hybridized carbons (Fsp3) is 0.160. The maximum Gasteiger partial charge on any atom is 0.260 e. The topological polar surface area (TPSA) is 70.7 Å². The second-order valence-corrected chi connectivity index (χ2v) is 8.62. The number of anilines is 1. The fourth-order valence-corrected chi connectivity index (χ4v) is 5.24. The number of hydrogen-bond donors (Lipinski definition) is 1. The number of hydrogen-bond acceptors (Lipinski definition) is 4. The highest BCUT2D eigenvalue weighted by atomic mass is 32.1. The lowest BCUT2D eigenvalue weighted by Gasteiger charge is -2.09. The Hall–Kier alpha value is -3.69. The minimum absolute atomic E-state index is 0.254. The third-order valence-electron chi connectivity index (χ3n) is 5.54. The number of benzene rings is 2. The molecule has 5 rings (SSSR count). The molecule has 0 saturated heterocycles. The molecular formula is C25H20N4OS. The maximum atomic E-state index is 13.4. The quantitative estimate of drug-likeness (QED) is 0.463. The predicted molar refractivity (Wildman–Crippen MR) is 123 cm³/mol. The van der Waals surface area contributed by atoms with E-state index in [1.165, 1.54) is 16.2 Å². The van der Waals surface area contributed by atoms with Crippen LogP contribution < -0.4 is 5.32 Å². The Morgan fingerprint density at radius 2 is 1.74 bits per heavy atom. The van der Waals surface area contributed by atoms with Crippen LogP contribution in [0.1, 0.15) is 39.2 Å². The van der Waals surface area contributed by atoms with Gasteiger partial charge in [0.2, 0.25) is 0 Å². The van der Waals surface area contributed by atoms with E-state index in [-0.39, 0.29) is 5.91 Å². The molecule has 1 amide bonds. The predicted octanol–water partition coefficient (Wildman–Crippen LogP) is 5.60. The van der Waals surface area contributed by atoms with Crippen LogP contribution in [0, 0.1) is 11.3 Å². The van der Waals surface area contributed by atoms with Crippen molar-refractivity contribution in [2.24, 2.45) is 0 Å². The molecule has 1 aliphatic carbocycles. The number of carbonyl (C=O) groups is 1. The van der Waals surface area contributed by atoms with E-state index in [9.17, 15) is 10.1 Å². The number of amides is 1. The third kappa shape index (κ3) is 3.65. The number of fused-ring (bicyclic) bond motifs is 1. The van der Waals surface area contributed by atoms with Gasteiger partial charge in [-0.05, 0) is 43.4 Å². The van der Waals surface area contributed by atoms with Gasteiger partial charge in [0.15, 0.2) is 0 Å². The zero-order chi connectivity index (χ0) is 21.2. The molecule has 0 saturated carbocycles. The van der Waals surface area contributed by atoms with Crippen LogP contribution in [0.4, 0.5) is 5.00 Å². The zero-order valence-corrected chi connectivity index (χ0v) is 17.7. The van der Waals surface area contributed by atoms with Crippen molar-refractivity contribution in [3.8, 4) is 23.0 Å². The Kier molecular flexibility index (Phi) is 5.11. The van der Waals surface area contributed by atoms with E-state index in [4.69, 9.17) is 5.10 Å². The molecule has 31 heavy (non-hydrogen) atoms. The van der Waals surface area contributed by atoms with Gasteiger partial charge < -0.3 is 5.32 Å². The van der Waals surface area contributed by atoms with Crippen molar-refractivity contribution >= 4 is 22.2 Å². The number of aryl methyl sites for hydroxylation is 1. The fourth-order valence-electron chi connectivity index (χ4n) is 4.01. The molecule has 0 atom stereocenters. The van der Waals surface area contributed by atoms with E-state index in [1.54, 1.807) is 10.9 Å². The molecule has 0 fully saturated rings. The van der Waals surface area contributed by atoms with Gasteiger partial charge in [-0.3, -0.25) is 4.79 Å². The first kappa shape index (κ1) is 19.3. The second kappa shape index (κ2) is 8.21. The van der Waals surface area contributed by atoms with Crippen molar-refractivity contribution in [1.29, 1.82) is 5.26 Å². The summed E-state index contributed by atoms with van der Waals surface area (Å²) in [4.78, 5) is 14.6. The molecule has 0 aliphatic heterocycles. The molecule has 1 aliphatic rings. The van der Waals surface area contributed by atoms with Crippen molar-refractivity contribution < 1.29 is 4.79 Å². The first-order chi connectivity index (χ1) is 15.2. The van der Waals surface area contributed by atoms with Crippen molar-refractivity contribution in [2.75, 3.05) is 5.32 Å².